The highest BCUT2D eigenvalue weighted by Crippen LogP contribution is 2.35. The number of esters is 1. The van der Waals surface area contributed by atoms with Crippen LogP contribution in [0, 0.1) is 5.92 Å². The molecule has 0 saturated carbocycles. The van der Waals surface area contributed by atoms with E-state index in [-0.39, 0.29) is 11.9 Å². The molecule has 0 aliphatic carbocycles. The number of piperidine rings is 1. The Bertz CT molecular complexity index is 853. The Hall–Kier alpha value is -3.23. The molecule has 0 spiro atoms. The van der Waals surface area contributed by atoms with Crippen molar-refractivity contribution >= 4 is 29.0 Å². The maximum Gasteiger partial charge on any atom is 0.309 e. The van der Waals surface area contributed by atoms with Crippen molar-refractivity contribution in [3.8, 4) is 11.5 Å². The summed E-state index contributed by atoms with van der Waals surface area (Å²) in [5.74, 6) is 2.24. The Balaban J connectivity index is 1.77. The van der Waals surface area contributed by atoms with Crippen LogP contribution in [0.25, 0.3) is 0 Å². The lowest BCUT2D eigenvalue weighted by atomic mass is 9.97. The SMILES string of the molecule is CCOC(=O)C1CCN(c2ncnc(Nc3cc(OC)ccc3OC)c2N)CC1. The van der Waals surface area contributed by atoms with E-state index in [1.165, 1.54) is 6.33 Å². The third-order valence-electron chi connectivity index (χ3n) is 4.94. The number of anilines is 4. The molecule has 1 aliphatic rings. The predicted molar refractivity (Wildman–Crippen MR) is 111 cm³/mol. The number of hydrogen-bond acceptors (Lipinski definition) is 9. The first-order chi connectivity index (χ1) is 14.1. The van der Waals surface area contributed by atoms with Crippen molar-refractivity contribution < 1.29 is 19.0 Å². The molecule has 1 aliphatic heterocycles. The van der Waals surface area contributed by atoms with Crippen molar-refractivity contribution in [2.75, 3.05) is 49.9 Å². The maximum atomic E-state index is 12.0. The summed E-state index contributed by atoms with van der Waals surface area (Å²) in [6.45, 7) is 3.57. The van der Waals surface area contributed by atoms with E-state index in [0.29, 0.717) is 67.0 Å². The monoisotopic (exact) mass is 401 g/mol. The molecule has 29 heavy (non-hydrogen) atoms. The molecule has 1 saturated heterocycles. The standard InChI is InChI=1S/C20H27N5O4/c1-4-29-20(26)13-7-9-25(10-8-13)19-17(21)18(22-12-23-19)24-15-11-14(27-2)5-6-16(15)28-3/h5-6,11-13H,4,7-10,21H2,1-3H3,(H,22,23,24). The summed E-state index contributed by atoms with van der Waals surface area (Å²) in [7, 11) is 3.19. The van der Waals surface area contributed by atoms with Crippen LogP contribution in [0.5, 0.6) is 11.5 Å². The van der Waals surface area contributed by atoms with Gasteiger partial charge in [0.25, 0.3) is 0 Å². The molecule has 0 amide bonds. The van der Waals surface area contributed by atoms with Crippen LogP contribution in [0.4, 0.5) is 23.0 Å². The number of nitrogens with one attached hydrogen (secondary N) is 1. The van der Waals surface area contributed by atoms with E-state index in [1.54, 1.807) is 20.3 Å². The van der Waals surface area contributed by atoms with Gasteiger partial charge in [-0.2, -0.15) is 0 Å². The molecule has 1 aromatic heterocycles. The molecule has 0 unspecified atom stereocenters. The van der Waals surface area contributed by atoms with Crippen molar-refractivity contribution in [1.82, 2.24) is 9.97 Å². The molecule has 9 nitrogen and oxygen atoms in total. The van der Waals surface area contributed by atoms with Gasteiger partial charge in [-0.25, -0.2) is 9.97 Å². The van der Waals surface area contributed by atoms with E-state index >= 15 is 0 Å². The van der Waals surface area contributed by atoms with Gasteiger partial charge in [0.15, 0.2) is 11.6 Å². The van der Waals surface area contributed by atoms with Gasteiger partial charge in [0.05, 0.1) is 32.4 Å². The summed E-state index contributed by atoms with van der Waals surface area (Å²) < 4.78 is 15.8. The highest BCUT2D eigenvalue weighted by molar-refractivity contribution is 5.80. The molecule has 1 aromatic carbocycles. The number of benzene rings is 1. The van der Waals surface area contributed by atoms with Gasteiger partial charge in [-0.3, -0.25) is 4.79 Å². The Labute approximate surface area is 170 Å². The van der Waals surface area contributed by atoms with Gasteiger partial charge in [-0.15, -0.1) is 0 Å². The average molecular weight is 401 g/mol. The zero-order valence-corrected chi connectivity index (χ0v) is 17.0. The van der Waals surface area contributed by atoms with Gasteiger partial charge in [-0.05, 0) is 31.9 Å². The van der Waals surface area contributed by atoms with Crippen molar-refractivity contribution in [3.05, 3.63) is 24.5 Å². The van der Waals surface area contributed by atoms with Crippen LogP contribution in [-0.2, 0) is 9.53 Å². The molecular formula is C20H27N5O4. The minimum atomic E-state index is -0.129. The van der Waals surface area contributed by atoms with E-state index in [2.05, 4.69) is 20.2 Å². The lowest BCUT2D eigenvalue weighted by molar-refractivity contribution is -0.148. The number of hydrogen-bond donors (Lipinski definition) is 2. The summed E-state index contributed by atoms with van der Waals surface area (Å²) in [6.07, 6.45) is 2.88. The molecule has 2 heterocycles. The quantitative estimate of drug-likeness (QED) is 0.676. The molecule has 2 aromatic rings. The third-order valence-corrected chi connectivity index (χ3v) is 4.94. The second-order valence-electron chi connectivity index (χ2n) is 6.66. The third kappa shape index (κ3) is 4.61. The summed E-state index contributed by atoms with van der Waals surface area (Å²) >= 11 is 0. The van der Waals surface area contributed by atoms with Gasteiger partial charge in [-0.1, -0.05) is 0 Å². The smallest absolute Gasteiger partial charge is 0.309 e. The number of nitrogen functional groups attached to an aromatic ring is 1. The minimum Gasteiger partial charge on any atom is -0.497 e. The van der Waals surface area contributed by atoms with Crippen LogP contribution in [-0.4, -0.2) is 49.9 Å². The Morgan fingerprint density at radius 2 is 2.00 bits per heavy atom. The van der Waals surface area contributed by atoms with E-state index in [0.717, 1.165) is 0 Å². The zero-order valence-electron chi connectivity index (χ0n) is 17.0. The van der Waals surface area contributed by atoms with Crippen molar-refractivity contribution in [2.24, 2.45) is 5.92 Å². The first-order valence-electron chi connectivity index (χ1n) is 9.58. The first kappa shape index (κ1) is 20.5. The van der Waals surface area contributed by atoms with Crippen LogP contribution in [0.3, 0.4) is 0 Å². The van der Waals surface area contributed by atoms with Crippen LogP contribution in [0.2, 0.25) is 0 Å². The highest BCUT2D eigenvalue weighted by atomic mass is 16.5. The van der Waals surface area contributed by atoms with Crippen LogP contribution in [0.1, 0.15) is 19.8 Å². The Morgan fingerprint density at radius 3 is 2.66 bits per heavy atom. The molecule has 156 valence electrons. The van der Waals surface area contributed by atoms with E-state index in [4.69, 9.17) is 19.9 Å². The van der Waals surface area contributed by atoms with Crippen LogP contribution >= 0.6 is 0 Å². The van der Waals surface area contributed by atoms with Gasteiger partial charge in [0.2, 0.25) is 0 Å². The fourth-order valence-electron chi connectivity index (χ4n) is 3.36. The maximum absolute atomic E-state index is 12.0. The Kier molecular flexibility index (Phi) is 6.58. The number of rotatable bonds is 7. The minimum absolute atomic E-state index is 0.0760. The molecule has 3 rings (SSSR count). The van der Waals surface area contributed by atoms with Crippen molar-refractivity contribution in [2.45, 2.75) is 19.8 Å². The van der Waals surface area contributed by atoms with Gasteiger partial charge in [0, 0.05) is 19.2 Å². The van der Waals surface area contributed by atoms with Crippen LogP contribution in [0.15, 0.2) is 24.5 Å². The molecule has 0 radical (unpaired) electrons. The van der Waals surface area contributed by atoms with Gasteiger partial charge in [0.1, 0.15) is 23.5 Å². The van der Waals surface area contributed by atoms with Gasteiger partial charge < -0.3 is 30.2 Å². The predicted octanol–water partition coefficient (Wildman–Crippen LogP) is 2.60. The first-order valence-corrected chi connectivity index (χ1v) is 9.58. The number of aromatic nitrogens is 2. The number of methoxy groups -OCH3 is 2. The van der Waals surface area contributed by atoms with Crippen molar-refractivity contribution in [3.63, 3.8) is 0 Å². The lowest BCUT2D eigenvalue weighted by Crippen LogP contribution is -2.37. The van der Waals surface area contributed by atoms with E-state index < -0.39 is 0 Å². The molecule has 3 N–H and O–H groups in total. The van der Waals surface area contributed by atoms with Crippen LogP contribution < -0.4 is 25.4 Å². The number of nitrogens with zero attached hydrogens (tertiary/aromatic N) is 3. The lowest BCUT2D eigenvalue weighted by Gasteiger charge is -2.32. The summed E-state index contributed by atoms with van der Waals surface area (Å²) in [5.41, 5.74) is 7.49. The van der Waals surface area contributed by atoms with Gasteiger partial charge >= 0.3 is 5.97 Å². The molecule has 0 bridgehead atoms. The molecule has 0 atom stereocenters. The molecule has 1 fully saturated rings. The topological polar surface area (TPSA) is 112 Å². The number of nitrogens with two attached hydrogens (primary N) is 1. The summed E-state index contributed by atoms with van der Waals surface area (Å²) in [5, 5.41) is 3.21. The fourth-order valence-corrected chi connectivity index (χ4v) is 3.36. The average Bonchev–Trinajstić information content (AvgIpc) is 2.75. The summed E-state index contributed by atoms with van der Waals surface area (Å²) in [4.78, 5) is 22.7. The zero-order chi connectivity index (χ0) is 20.8. The number of ether oxygens (including phenoxy) is 3. The largest absolute Gasteiger partial charge is 0.497 e. The summed E-state index contributed by atoms with van der Waals surface area (Å²) in [6, 6.07) is 5.43. The fraction of sp³-hybridized carbons (Fsp3) is 0.450. The Morgan fingerprint density at radius 1 is 1.24 bits per heavy atom. The normalized spacial score (nSPS) is 14.4. The number of carbonyl (C=O) groups is 1. The molecule has 9 heteroatoms. The second kappa shape index (κ2) is 9.31. The highest BCUT2D eigenvalue weighted by Gasteiger charge is 2.28. The van der Waals surface area contributed by atoms with E-state index in [1.807, 2.05) is 19.1 Å². The second-order valence-corrected chi connectivity index (χ2v) is 6.66. The molecular weight excluding hydrogens is 374 g/mol. The number of carbonyl (C=O) groups excluding carboxylic acids is 1. The van der Waals surface area contributed by atoms with Crippen molar-refractivity contribution in [1.29, 1.82) is 0 Å². The van der Waals surface area contributed by atoms with E-state index in [9.17, 15) is 4.79 Å².